The van der Waals surface area contributed by atoms with Crippen LogP contribution in [-0.2, 0) is 22.4 Å². The van der Waals surface area contributed by atoms with Crippen LogP contribution in [0.1, 0.15) is 40.4 Å². The number of hydrogen-bond acceptors (Lipinski definition) is 7. The van der Waals surface area contributed by atoms with Gasteiger partial charge in [-0.25, -0.2) is 4.79 Å². The smallest absolute Gasteiger partial charge is 0.348 e. The van der Waals surface area contributed by atoms with E-state index >= 15 is 0 Å². The van der Waals surface area contributed by atoms with E-state index in [0.717, 1.165) is 29.7 Å². The van der Waals surface area contributed by atoms with Gasteiger partial charge in [0.1, 0.15) is 16.3 Å². The highest BCUT2D eigenvalue weighted by Crippen LogP contribution is 2.29. The maximum atomic E-state index is 12.2. The molecule has 0 saturated heterocycles. The lowest BCUT2D eigenvalue weighted by molar-refractivity contribution is -0.384. The molecule has 1 aromatic heterocycles. The molecule has 0 aliphatic rings. The summed E-state index contributed by atoms with van der Waals surface area (Å²) in [6, 6.07) is 5.85. The number of carbonyl (C=O) groups is 2. The van der Waals surface area contributed by atoms with Crippen LogP contribution in [0.15, 0.2) is 24.3 Å². The van der Waals surface area contributed by atoms with Crippen molar-refractivity contribution in [1.29, 1.82) is 0 Å². The van der Waals surface area contributed by atoms with Crippen molar-refractivity contribution in [3.05, 3.63) is 49.7 Å². The number of aryl methyl sites for hydroxylation is 2. The van der Waals surface area contributed by atoms with E-state index in [1.54, 1.807) is 6.07 Å². The zero-order valence-corrected chi connectivity index (χ0v) is 16.8. The molecule has 1 heterocycles. The number of amides is 1. The molecule has 0 saturated carbocycles. The van der Waals surface area contributed by atoms with E-state index in [-0.39, 0.29) is 11.4 Å². The molecule has 0 fully saturated rings. The van der Waals surface area contributed by atoms with E-state index in [4.69, 9.17) is 9.47 Å². The van der Waals surface area contributed by atoms with Crippen molar-refractivity contribution >= 4 is 34.6 Å². The van der Waals surface area contributed by atoms with E-state index in [0.29, 0.717) is 10.6 Å². The Bertz CT molecular complexity index is 877. The van der Waals surface area contributed by atoms with Crippen LogP contribution in [0.3, 0.4) is 0 Å². The van der Waals surface area contributed by atoms with Crippen molar-refractivity contribution in [3.63, 3.8) is 0 Å². The summed E-state index contributed by atoms with van der Waals surface area (Å²) in [6.07, 6.45) is 2.69. The van der Waals surface area contributed by atoms with Gasteiger partial charge in [-0.3, -0.25) is 14.9 Å². The van der Waals surface area contributed by atoms with Crippen LogP contribution in [0.5, 0.6) is 5.75 Å². The number of methoxy groups -OCH3 is 1. The molecule has 1 N–H and O–H groups in total. The predicted molar refractivity (Wildman–Crippen MR) is 106 cm³/mol. The second-order valence-electron chi connectivity index (χ2n) is 5.93. The lowest BCUT2D eigenvalue weighted by atomic mass is 10.1. The summed E-state index contributed by atoms with van der Waals surface area (Å²) < 4.78 is 10.0. The van der Waals surface area contributed by atoms with Gasteiger partial charge in [-0.15, -0.1) is 11.3 Å². The number of thiophene rings is 1. The van der Waals surface area contributed by atoms with Gasteiger partial charge in [0, 0.05) is 4.88 Å². The zero-order chi connectivity index (χ0) is 20.7. The van der Waals surface area contributed by atoms with Crippen LogP contribution in [0.25, 0.3) is 0 Å². The normalized spacial score (nSPS) is 10.4. The molecule has 0 bridgehead atoms. The summed E-state index contributed by atoms with van der Waals surface area (Å²) in [7, 11) is 1.39. The molecule has 9 heteroatoms. The first-order valence-corrected chi connectivity index (χ1v) is 9.62. The van der Waals surface area contributed by atoms with Gasteiger partial charge in [-0.2, -0.15) is 0 Å². The highest BCUT2D eigenvalue weighted by atomic mass is 32.1. The molecule has 1 amide bonds. The number of esters is 1. The SMILES string of the molecule is CCCc1sc(C(=O)OCC(=O)Nc2ccc(OC)cc2[N+](=O)[O-])cc1CC. The largest absolute Gasteiger partial charge is 0.496 e. The van der Waals surface area contributed by atoms with E-state index in [2.05, 4.69) is 12.2 Å². The number of nitrogens with zero attached hydrogens (tertiary/aromatic N) is 1. The van der Waals surface area contributed by atoms with Crippen molar-refractivity contribution in [2.45, 2.75) is 33.1 Å². The standard InChI is InChI=1S/C19H22N2O6S/c1-4-6-16-12(5-2)9-17(28-16)19(23)27-11-18(22)20-14-8-7-13(26-3)10-15(14)21(24)25/h7-10H,4-6,11H2,1-3H3,(H,20,22). The molecule has 0 radical (unpaired) electrons. The van der Waals surface area contributed by atoms with E-state index in [1.807, 2.05) is 6.92 Å². The topological polar surface area (TPSA) is 108 Å². The first-order chi connectivity index (χ1) is 13.4. The molecule has 0 atom stereocenters. The molecule has 150 valence electrons. The van der Waals surface area contributed by atoms with E-state index in [9.17, 15) is 19.7 Å². The van der Waals surface area contributed by atoms with Crippen molar-refractivity contribution < 1.29 is 24.0 Å². The quantitative estimate of drug-likeness (QED) is 0.383. The summed E-state index contributed by atoms with van der Waals surface area (Å²) in [4.78, 5) is 36.4. The number of carbonyl (C=O) groups excluding carboxylic acids is 2. The Hall–Kier alpha value is -2.94. The summed E-state index contributed by atoms with van der Waals surface area (Å²) in [5, 5.41) is 13.5. The highest BCUT2D eigenvalue weighted by molar-refractivity contribution is 7.14. The number of benzene rings is 1. The summed E-state index contributed by atoms with van der Waals surface area (Å²) >= 11 is 1.37. The number of anilines is 1. The van der Waals surface area contributed by atoms with Gasteiger partial charge >= 0.3 is 5.97 Å². The van der Waals surface area contributed by atoms with Crippen LogP contribution in [0.2, 0.25) is 0 Å². The summed E-state index contributed by atoms with van der Waals surface area (Å²) in [5.41, 5.74) is 0.799. The third-order valence-electron chi connectivity index (χ3n) is 3.97. The van der Waals surface area contributed by atoms with Gasteiger partial charge in [0.25, 0.3) is 11.6 Å². The zero-order valence-electron chi connectivity index (χ0n) is 15.9. The Morgan fingerprint density at radius 1 is 1.25 bits per heavy atom. The second-order valence-corrected chi connectivity index (χ2v) is 7.06. The van der Waals surface area contributed by atoms with Crippen LogP contribution in [0.4, 0.5) is 11.4 Å². The van der Waals surface area contributed by atoms with E-state index in [1.165, 1.54) is 36.6 Å². The molecule has 0 aliphatic carbocycles. The number of nitro groups is 1. The number of nitro benzene ring substituents is 1. The van der Waals surface area contributed by atoms with Gasteiger partial charge < -0.3 is 14.8 Å². The molecule has 2 rings (SSSR count). The first kappa shape index (κ1) is 21.4. The minimum absolute atomic E-state index is 0.00136. The van der Waals surface area contributed by atoms with Gasteiger partial charge in [0.05, 0.1) is 18.1 Å². The maximum Gasteiger partial charge on any atom is 0.348 e. The van der Waals surface area contributed by atoms with Gasteiger partial charge in [0.15, 0.2) is 6.61 Å². The number of ether oxygens (including phenoxy) is 2. The van der Waals surface area contributed by atoms with E-state index < -0.39 is 23.4 Å². The van der Waals surface area contributed by atoms with Gasteiger partial charge in [-0.1, -0.05) is 20.3 Å². The molecule has 1 aromatic carbocycles. The van der Waals surface area contributed by atoms with Crippen molar-refractivity contribution in [2.24, 2.45) is 0 Å². The summed E-state index contributed by atoms with van der Waals surface area (Å²) in [5.74, 6) is -0.951. The predicted octanol–water partition coefficient (Wildman–Crippen LogP) is 3.98. The third-order valence-corrected chi connectivity index (χ3v) is 5.18. The fourth-order valence-electron chi connectivity index (χ4n) is 2.59. The average molecular weight is 406 g/mol. The minimum atomic E-state index is -0.664. The van der Waals surface area contributed by atoms with Crippen molar-refractivity contribution in [1.82, 2.24) is 0 Å². The molecule has 28 heavy (non-hydrogen) atoms. The van der Waals surface area contributed by atoms with Crippen molar-refractivity contribution in [3.8, 4) is 5.75 Å². The van der Waals surface area contributed by atoms with Crippen LogP contribution < -0.4 is 10.1 Å². The molecule has 0 unspecified atom stereocenters. The lowest BCUT2D eigenvalue weighted by Crippen LogP contribution is -2.21. The third kappa shape index (κ3) is 5.29. The van der Waals surface area contributed by atoms with Crippen LogP contribution >= 0.6 is 11.3 Å². The fraction of sp³-hybridized carbons (Fsp3) is 0.368. The number of hydrogen-bond donors (Lipinski definition) is 1. The molecule has 0 spiro atoms. The lowest BCUT2D eigenvalue weighted by Gasteiger charge is -2.08. The number of nitrogens with one attached hydrogen (secondary N) is 1. The molecular formula is C19H22N2O6S. The first-order valence-electron chi connectivity index (χ1n) is 8.80. The van der Waals surface area contributed by atoms with Crippen LogP contribution in [-0.4, -0.2) is 30.5 Å². The average Bonchev–Trinajstić information content (AvgIpc) is 3.09. The monoisotopic (exact) mass is 406 g/mol. The van der Waals surface area contributed by atoms with Crippen LogP contribution in [0, 0.1) is 10.1 Å². The molecule has 2 aromatic rings. The Labute approximate surface area is 166 Å². The second kappa shape index (κ2) is 9.84. The fourth-order valence-corrected chi connectivity index (χ4v) is 3.84. The Kier molecular flexibility index (Phi) is 7.51. The Balaban J connectivity index is 2.01. The maximum absolute atomic E-state index is 12.2. The van der Waals surface area contributed by atoms with Crippen molar-refractivity contribution in [2.75, 3.05) is 19.0 Å². The van der Waals surface area contributed by atoms with Gasteiger partial charge in [-0.05, 0) is 36.6 Å². The molecular weight excluding hydrogens is 384 g/mol. The molecule has 8 nitrogen and oxygen atoms in total. The summed E-state index contributed by atoms with van der Waals surface area (Å²) in [6.45, 7) is 3.55. The Morgan fingerprint density at radius 3 is 2.61 bits per heavy atom. The number of rotatable bonds is 9. The Morgan fingerprint density at radius 2 is 2.00 bits per heavy atom. The van der Waals surface area contributed by atoms with Gasteiger partial charge in [0.2, 0.25) is 0 Å². The highest BCUT2D eigenvalue weighted by Gasteiger charge is 2.19. The minimum Gasteiger partial charge on any atom is -0.496 e. The molecule has 0 aliphatic heterocycles.